The van der Waals surface area contributed by atoms with Crippen molar-refractivity contribution in [1.82, 2.24) is 15.2 Å². The SMILES string of the molecule is NNC(=O)c1nn(Cc2ccc(F)cc2Cl)c2cc(Cl)ccc12. The number of hydrazine groups is 1. The van der Waals surface area contributed by atoms with Crippen molar-refractivity contribution in [2.75, 3.05) is 0 Å². The first-order valence-electron chi connectivity index (χ1n) is 6.60. The van der Waals surface area contributed by atoms with Crippen LogP contribution in [0.3, 0.4) is 0 Å². The van der Waals surface area contributed by atoms with Gasteiger partial charge in [0.2, 0.25) is 0 Å². The fraction of sp³-hybridized carbons (Fsp3) is 0.0667. The summed E-state index contributed by atoms with van der Waals surface area (Å²) >= 11 is 12.1. The van der Waals surface area contributed by atoms with Gasteiger partial charge in [-0.15, -0.1) is 0 Å². The van der Waals surface area contributed by atoms with Crippen molar-refractivity contribution in [2.45, 2.75) is 6.54 Å². The van der Waals surface area contributed by atoms with Gasteiger partial charge in [0.25, 0.3) is 5.91 Å². The molecule has 3 rings (SSSR count). The van der Waals surface area contributed by atoms with E-state index in [4.69, 9.17) is 29.0 Å². The number of nitrogens with one attached hydrogen (secondary N) is 1. The Morgan fingerprint density at radius 3 is 2.74 bits per heavy atom. The van der Waals surface area contributed by atoms with Gasteiger partial charge < -0.3 is 0 Å². The summed E-state index contributed by atoms with van der Waals surface area (Å²) in [7, 11) is 0. The van der Waals surface area contributed by atoms with Gasteiger partial charge in [0, 0.05) is 15.4 Å². The number of nitrogens with two attached hydrogens (primary N) is 1. The summed E-state index contributed by atoms with van der Waals surface area (Å²) in [5.41, 5.74) is 3.55. The molecule has 1 aromatic heterocycles. The number of aromatic nitrogens is 2. The van der Waals surface area contributed by atoms with Gasteiger partial charge in [-0.1, -0.05) is 29.3 Å². The van der Waals surface area contributed by atoms with Crippen molar-refractivity contribution < 1.29 is 9.18 Å². The number of rotatable bonds is 3. The van der Waals surface area contributed by atoms with Crippen molar-refractivity contribution in [3.05, 3.63) is 63.5 Å². The molecule has 0 bridgehead atoms. The average Bonchev–Trinajstić information content (AvgIpc) is 2.87. The molecule has 0 unspecified atom stereocenters. The zero-order valence-electron chi connectivity index (χ0n) is 11.7. The van der Waals surface area contributed by atoms with Crippen molar-refractivity contribution >= 4 is 40.0 Å². The molecule has 3 N–H and O–H groups in total. The zero-order chi connectivity index (χ0) is 16.6. The number of benzene rings is 2. The first-order chi connectivity index (χ1) is 11.0. The number of nitrogen functional groups attached to an aromatic ring is 1. The van der Waals surface area contributed by atoms with Gasteiger partial charge in [0.15, 0.2) is 5.69 Å². The van der Waals surface area contributed by atoms with E-state index in [0.29, 0.717) is 21.5 Å². The molecule has 3 aromatic rings. The Bertz CT molecular complexity index is 910. The first-order valence-corrected chi connectivity index (χ1v) is 7.36. The van der Waals surface area contributed by atoms with Crippen LogP contribution in [-0.4, -0.2) is 15.7 Å². The van der Waals surface area contributed by atoms with E-state index < -0.39 is 11.7 Å². The van der Waals surface area contributed by atoms with Crippen LogP contribution in [0.5, 0.6) is 0 Å². The Balaban J connectivity index is 2.13. The zero-order valence-corrected chi connectivity index (χ0v) is 13.2. The summed E-state index contributed by atoms with van der Waals surface area (Å²) in [5, 5.41) is 5.66. The number of carbonyl (C=O) groups is 1. The number of fused-ring (bicyclic) bond motifs is 1. The number of halogens is 3. The minimum Gasteiger partial charge on any atom is -0.289 e. The monoisotopic (exact) mass is 352 g/mol. The molecule has 0 saturated heterocycles. The van der Waals surface area contributed by atoms with Crippen molar-refractivity contribution in [1.29, 1.82) is 0 Å². The molecule has 23 heavy (non-hydrogen) atoms. The predicted octanol–water partition coefficient (Wildman–Crippen LogP) is 3.13. The molecule has 0 aliphatic carbocycles. The van der Waals surface area contributed by atoms with E-state index in [1.807, 2.05) is 0 Å². The summed E-state index contributed by atoms with van der Waals surface area (Å²) in [6, 6.07) is 9.15. The van der Waals surface area contributed by atoms with Crippen LogP contribution in [0, 0.1) is 5.82 Å². The second-order valence-corrected chi connectivity index (χ2v) is 5.72. The van der Waals surface area contributed by atoms with Gasteiger partial charge >= 0.3 is 0 Å². The van der Waals surface area contributed by atoms with Crippen LogP contribution in [0.4, 0.5) is 4.39 Å². The fourth-order valence-electron chi connectivity index (χ4n) is 2.31. The fourth-order valence-corrected chi connectivity index (χ4v) is 2.71. The second-order valence-electron chi connectivity index (χ2n) is 4.88. The van der Waals surface area contributed by atoms with Crippen LogP contribution < -0.4 is 11.3 Å². The maximum Gasteiger partial charge on any atom is 0.286 e. The van der Waals surface area contributed by atoms with Crippen LogP contribution >= 0.6 is 23.2 Å². The summed E-state index contributed by atoms with van der Waals surface area (Å²) in [4.78, 5) is 11.9. The van der Waals surface area contributed by atoms with E-state index in [-0.39, 0.29) is 17.3 Å². The number of amides is 1. The molecule has 0 saturated carbocycles. The van der Waals surface area contributed by atoms with Crippen molar-refractivity contribution in [2.24, 2.45) is 5.84 Å². The molecule has 0 radical (unpaired) electrons. The number of hydrogen-bond acceptors (Lipinski definition) is 3. The first kappa shape index (κ1) is 15.7. The van der Waals surface area contributed by atoms with E-state index in [9.17, 15) is 9.18 Å². The Morgan fingerprint density at radius 1 is 1.26 bits per heavy atom. The predicted molar refractivity (Wildman–Crippen MR) is 86.9 cm³/mol. The molecule has 0 aliphatic rings. The van der Waals surface area contributed by atoms with Crippen LogP contribution in [0.15, 0.2) is 36.4 Å². The second kappa shape index (κ2) is 6.16. The highest BCUT2D eigenvalue weighted by Crippen LogP contribution is 2.25. The third kappa shape index (κ3) is 3.01. The Kier molecular flexibility index (Phi) is 4.21. The molecular weight excluding hydrogens is 342 g/mol. The van der Waals surface area contributed by atoms with Crippen LogP contribution in [0.25, 0.3) is 10.9 Å². The van der Waals surface area contributed by atoms with Crippen LogP contribution in [-0.2, 0) is 6.54 Å². The van der Waals surface area contributed by atoms with Gasteiger partial charge in [-0.3, -0.25) is 14.9 Å². The summed E-state index contributed by atoms with van der Waals surface area (Å²) in [5.74, 6) is 4.26. The molecule has 5 nitrogen and oxygen atoms in total. The van der Waals surface area contributed by atoms with Crippen LogP contribution in [0.1, 0.15) is 16.1 Å². The van der Waals surface area contributed by atoms with Gasteiger partial charge in [0.05, 0.1) is 12.1 Å². The van der Waals surface area contributed by atoms with E-state index in [2.05, 4.69) is 10.5 Å². The largest absolute Gasteiger partial charge is 0.289 e. The molecule has 2 aromatic carbocycles. The van der Waals surface area contributed by atoms with Gasteiger partial charge in [0.1, 0.15) is 5.82 Å². The highest BCUT2D eigenvalue weighted by Gasteiger charge is 2.17. The minimum absolute atomic E-state index is 0.178. The molecule has 0 spiro atoms. The van der Waals surface area contributed by atoms with E-state index in [0.717, 1.165) is 0 Å². The lowest BCUT2D eigenvalue weighted by Gasteiger charge is -2.06. The van der Waals surface area contributed by atoms with Crippen molar-refractivity contribution in [3.63, 3.8) is 0 Å². The summed E-state index contributed by atoms with van der Waals surface area (Å²) < 4.78 is 14.7. The summed E-state index contributed by atoms with van der Waals surface area (Å²) in [6.07, 6.45) is 0. The normalized spacial score (nSPS) is 11.0. The lowest BCUT2D eigenvalue weighted by molar-refractivity contribution is 0.0949. The molecule has 8 heteroatoms. The lowest BCUT2D eigenvalue weighted by Crippen LogP contribution is -2.30. The smallest absolute Gasteiger partial charge is 0.286 e. The molecule has 1 amide bonds. The molecule has 0 aliphatic heterocycles. The maximum atomic E-state index is 13.2. The number of hydrogen-bond donors (Lipinski definition) is 2. The average molecular weight is 353 g/mol. The highest BCUT2D eigenvalue weighted by atomic mass is 35.5. The molecule has 118 valence electrons. The lowest BCUT2D eigenvalue weighted by atomic mass is 10.2. The minimum atomic E-state index is -0.513. The third-order valence-corrected chi connectivity index (χ3v) is 3.98. The van der Waals surface area contributed by atoms with Gasteiger partial charge in [-0.05, 0) is 35.9 Å². The van der Waals surface area contributed by atoms with Gasteiger partial charge in [-0.2, -0.15) is 5.10 Å². The highest BCUT2D eigenvalue weighted by molar-refractivity contribution is 6.31. The van der Waals surface area contributed by atoms with E-state index >= 15 is 0 Å². The Hall–Kier alpha value is -2.15. The standard InChI is InChI=1S/C15H11Cl2FN4O/c16-9-2-4-11-13(5-9)22(21-14(11)15(23)20-19)7-8-1-3-10(18)6-12(8)17/h1-6H,7,19H2,(H,20,23). The van der Waals surface area contributed by atoms with E-state index in [1.54, 1.807) is 28.9 Å². The number of carbonyl (C=O) groups excluding carboxylic acids is 1. The van der Waals surface area contributed by atoms with Gasteiger partial charge in [-0.25, -0.2) is 10.2 Å². The molecule has 0 atom stereocenters. The van der Waals surface area contributed by atoms with Crippen molar-refractivity contribution in [3.8, 4) is 0 Å². The molecular formula is C15H11Cl2FN4O. The maximum absolute atomic E-state index is 13.2. The quantitative estimate of drug-likeness (QED) is 0.432. The number of nitrogens with zero attached hydrogens (tertiary/aromatic N) is 2. The Morgan fingerprint density at radius 2 is 2.04 bits per heavy atom. The topological polar surface area (TPSA) is 72.9 Å². The van der Waals surface area contributed by atoms with Crippen LogP contribution in [0.2, 0.25) is 10.0 Å². The molecule has 0 fully saturated rings. The Labute approximate surface area is 140 Å². The summed E-state index contributed by atoms with van der Waals surface area (Å²) in [6.45, 7) is 0.258. The third-order valence-electron chi connectivity index (χ3n) is 3.40. The molecule has 1 heterocycles. The van der Waals surface area contributed by atoms with E-state index in [1.165, 1.54) is 12.1 Å².